The molecule has 26 heavy (non-hydrogen) atoms. The average molecular weight is 366 g/mol. The number of alkyl halides is 3. The summed E-state index contributed by atoms with van der Waals surface area (Å²) >= 11 is 0. The van der Waals surface area contributed by atoms with Crippen LogP contribution in [0.2, 0.25) is 0 Å². The molecule has 0 saturated heterocycles. The first-order valence-electron chi connectivity index (χ1n) is 7.80. The number of nitrogens with one attached hydrogen (secondary N) is 2. The topological polar surface area (TPSA) is 58.2 Å². The van der Waals surface area contributed by atoms with E-state index in [0.29, 0.717) is 0 Å². The van der Waals surface area contributed by atoms with Crippen LogP contribution in [0.5, 0.6) is 0 Å². The molecule has 1 aliphatic rings. The summed E-state index contributed by atoms with van der Waals surface area (Å²) in [5.41, 5.74) is -1.32. The lowest BCUT2D eigenvalue weighted by atomic mass is 10.1. The first kappa shape index (κ1) is 17.9. The summed E-state index contributed by atoms with van der Waals surface area (Å²) < 4.78 is 52.4. The molecule has 8 heteroatoms. The van der Waals surface area contributed by atoms with Gasteiger partial charge in [0.15, 0.2) is 0 Å². The molecule has 3 rings (SSSR count). The van der Waals surface area contributed by atoms with Gasteiger partial charge < -0.3 is 10.6 Å². The minimum atomic E-state index is -4.60. The number of amides is 2. The summed E-state index contributed by atoms with van der Waals surface area (Å²) in [5.74, 6) is -3.27. The van der Waals surface area contributed by atoms with Gasteiger partial charge >= 0.3 is 6.18 Å². The van der Waals surface area contributed by atoms with Crippen LogP contribution in [0, 0.1) is 17.7 Å². The van der Waals surface area contributed by atoms with Gasteiger partial charge in [0.2, 0.25) is 11.8 Å². The number of para-hydroxylation sites is 2. The van der Waals surface area contributed by atoms with Crippen LogP contribution in [-0.4, -0.2) is 11.8 Å². The van der Waals surface area contributed by atoms with Crippen molar-refractivity contribution in [3.8, 4) is 0 Å². The van der Waals surface area contributed by atoms with Crippen molar-refractivity contribution < 1.29 is 27.2 Å². The van der Waals surface area contributed by atoms with Gasteiger partial charge in [-0.25, -0.2) is 4.39 Å². The van der Waals surface area contributed by atoms with Crippen LogP contribution >= 0.6 is 0 Å². The molecule has 2 unspecified atom stereocenters. The van der Waals surface area contributed by atoms with E-state index in [9.17, 15) is 27.2 Å². The Hall–Kier alpha value is -2.90. The lowest BCUT2D eigenvalue weighted by molar-refractivity contribution is -0.137. The molecule has 0 heterocycles. The molecule has 0 aliphatic heterocycles. The number of anilines is 2. The van der Waals surface area contributed by atoms with E-state index in [1.54, 1.807) is 6.07 Å². The van der Waals surface area contributed by atoms with E-state index in [1.807, 2.05) is 0 Å². The van der Waals surface area contributed by atoms with Gasteiger partial charge in [-0.1, -0.05) is 24.3 Å². The van der Waals surface area contributed by atoms with Crippen molar-refractivity contribution in [2.24, 2.45) is 11.8 Å². The first-order valence-corrected chi connectivity index (χ1v) is 7.80. The molecular weight excluding hydrogens is 352 g/mol. The minimum absolute atomic E-state index is 0.00836. The van der Waals surface area contributed by atoms with Gasteiger partial charge in [-0.15, -0.1) is 0 Å². The van der Waals surface area contributed by atoms with Gasteiger partial charge in [0.25, 0.3) is 0 Å². The second-order valence-electron chi connectivity index (χ2n) is 5.95. The lowest BCUT2D eigenvalue weighted by Crippen LogP contribution is -2.22. The minimum Gasteiger partial charge on any atom is -0.325 e. The van der Waals surface area contributed by atoms with E-state index in [1.165, 1.54) is 30.3 Å². The zero-order valence-electron chi connectivity index (χ0n) is 13.3. The number of rotatable bonds is 4. The highest BCUT2D eigenvalue weighted by Gasteiger charge is 2.48. The van der Waals surface area contributed by atoms with Crippen molar-refractivity contribution in [3.05, 3.63) is 59.9 Å². The second kappa shape index (κ2) is 6.78. The second-order valence-corrected chi connectivity index (χ2v) is 5.95. The molecular formula is C18H14F4N2O2. The van der Waals surface area contributed by atoms with Crippen LogP contribution in [0.4, 0.5) is 28.9 Å². The zero-order valence-corrected chi connectivity index (χ0v) is 13.3. The number of hydrogen-bond acceptors (Lipinski definition) is 2. The number of benzene rings is 2. The van der Waals surface area contributed by atoms with E-state index in [-0.39, 0.29) is 17.8 Å². The Morgan fingerprint density at radius 1 is 0.846 bits per heavy atom. The Kier molecular flexibility index (Phi) is 4.67. The summed E-state index contributed by atoms with van der Waals surface area (Å²) in [6.07, 6.45) is -4.41. The third-order valence-corrected chi connectivity index (χ3v) is 4.09. The van der Waals surface area contributed by atoms with Crippen molar-refractivity contribution in [1.82, 2.24) is 0 Å². The maximum absolute atomic E-state index is 13.5. The molecule has 1 saturated carbocycles. The van der Waals surface area contributed by atoms with Crippen molar-refractivity contribution >= 4 is 23.2 Å². The molecule has 4 nitrogen and oxygen atoms in total. The quantitative estimate of drug-likeness (QED) is 0.802. The van der Waals surface area contributed by atoms with Crippen LogP contribution in [0.3, 0.4) is 0 Å². The fraction of sp³-hybridized carbons (Fsp3) is 0.222. The Morgan fingerprint density at radius 2 is 1.35 bits per heavy atom. The predicted molar refractivity (Wildman–Crippen MR) is 86.7 cm³/mol. The van der Waals surface area contributed by atoms with E-state index in [4.69, 9.17) is 0 Å². The third-order valence-electron chi connectivity index (χ3n) is 4.09. The summed E-state index contributed by atoms with van der Waals surface area (Å²) in [4.78, 5) is 24.2. The predicted octanol–water partition coefficient (Wildman–Crippen LogP) is 4.06. The summed E-state index contributed by atoms with van der Waals surface area (Å²) in [7, 11) is 0. The highest BCUT2D eigenvalue weighted by Crippen LogP contribution is 2.41. The maximum atomic E-state index is 13.5. The monoisotopic (exact) mass is 366 g/mol. The van der Waals surface area contributed by atoms with Gasteiger partial charge in [0.05, 0.1) is 28.8 Å². The first-order chi connectivity index (χ1) is 12.3. The molecule has 136 valence electrons. The van der Waals surface area contributed by atoms with E-state index >= 15 is 0 Å². The Morgan fingerprint density at radius 3 is 1.92 bits per heavy atom. The molecule has 0 radical (unpaired) electrons. The fourth-order valence-electron chi connectivity index (χ4n) is 2.63. The van der Waals surface area contributed by atoms with Gasteiger partial charge in [0, 0.05) is 0 Å². The van der Waals surface area contributed by atoms with Gasteiger partial charge in [0.1, 0.15) is 5.82 Å². The summed E-state index contributed by atoms with van der Waals surface area (Å²) in [6.45, 7) is 0. The fourth-order valence-corrected chi connectivity index (χ4v) is 2.63. The summed E-state index contributed by atoms with van der Waals surface area (Å²) in [5, 5.41) is 4.61. The van der Waals surface area contributed by atoms with E-state index in [2.05, 4.69) is 10.6 Å². The smallest absolute Gasteiger partial charge is 0.325 e. The van der Waals surface area contributed by atoms with Gasteiger partial charge in [-0.3, -0.25) is 9.59 Å². The van der Waals surface area contributed by atoms with Crippen molar-refractivity contribution in [1.29, 1.82) is 0 Å². The SMILES string of the molecule is O=C(Nc1ccccc1F)C1CC1C(=O)Nc1ccccc1C(F)(F)F. The molecule has 2 amide bonds. The number of halogens is 4. The number of carbonyl (C=O) groups is 2. The highest BCUT2D eigenvalue weighted by atomic mass is 19.4. The molecule has 1 aliphatic carbocycles. The lowest BCUT2D eigenvalue weighted by Gasteiger charge is -2.13. The molecule has 0 spiro atoms. The Labute approximate surface area is 146 Å². The molecule has 2 atom stereocenters. The van der Waals surface area contributed by atoms with Crippen LogP contribution in [0.15, 0.2) is 48.5 Å². The zero-order chi connectivity index (χ0) is 18.9. The summed E-state index contributed by atoms with van der Waals surface area (Å²) in [6, 6.07) is 10.2. The van der Waals surface area contributed by atoms with Gasteiger partial charge in [-0.05, 0) is 30.7 Å². The van der Waals surface area contributed by atoms with E-state index in [0.717, 1.165) is 12.1 Å². The average Bonchev–Trinajstić information content (AvgIpc) is 3.37. The standard InChI is InChI=1S/C18H14F4N2O2/c19-13-6-2-4-8-15(13)24-17(26)11-9-10(11)16(25)23-14-7-3-1-5-12(14)18(20,21)22/h1-8,10-11H,9H2,(H,23,25)(H,24,26). The van der Waals surface area contributed by atoms with Crippen LogP contribution in [0.25, 0.3) is 0 Å². The van der Waals surface area contributed by atoms with Crippen LogP contribution in [-0.2, 0) is 15.8 Å². The Bertz CT molecular complexity index is 851. The van der Waals surface area contributed by atoms with Crippen LogP contribution < -0.4 is 10.6 Å². The van der Waals surface area contributed by atoms with Crippen molar-refractivity contribution in [2.45, 2.75) is 12.6 Å². The molecule has 2 aromatic rings. The highest BCUT2D eigenvalue weighted by molar-refractivity contribution is 6.03. The van der Waals surface area contributed by atoms with Crippen molar-refractivity contribution in [3.63, 3.8) is 0 Å². The molecule has 0 aromatic heterocycles. The Balaban J connectivity index is 1.63. The third kappa shape index (κ3) is 3.84. The molecule has 2 N–H and O–H groups in total. The molecule has 0 bridgehead atoms. The molecule has 2 aromatic carbocycles. The largest absolute Gasteiger partial charge is 0.418 e. The normalized spacial score (nSPS) is 18.9. The molecule has 1 fully saturated rings. The number of hydrogen-bond donors (Lipinski definition) is 2. The van der Waals surface area contributed by atoms with Gasteiger partial charge in [-0.2, -0.15) is 13.2 Å². The maximum Gasteiger partial charge on any atom is 0.418 e. The number of carbonyl (C=O) groups excluding carboxylic acids is 2. The van der Waals surface area contributed by atoms with Crippen LogP contribution in [0.1, 0.15) is 12.0 Å². The van der Waals surface area contributed by atoms with Crippen molar-refractivity contribution in [2.75, 3.05) is 10.6 Å². The van der Waals surface area contributed by atoms with E-state index < -0.39 is 41.2 Å².